The second-order valence-corrected chi connectivity index (χ2v) is 10.6. The molecule has 1 unspecified atom stereocenters. The fourth-order valence-electron chi connectivity index (χ4n) is 5.70. The Labute approximate surface area is 222 Å². The van der Waals surface area contributed by atoms with Crippen molar-refractivity contribution >= 4 is 17.8 Å². The van der Waals surface area contributed by atoms with Crippen LogP contribution in [0.1, 0.15) is 65.2 Å². The Morgan fingerprint density at radius 1 is 1.03 bits per heavy atom. The maximum atomic E-state index is 13.5. The van der Waals surface area contributed by atoms with E-state index in [-0.39, 0.29) is 30.4 Å². The van der Waals surface area contributed by atoms with Gasteiger partial charge in [-0.15, -0.1) is 0 Å². The summed E-state index contributed by atoms with van der Waals surface area (Å²) in [5, 5.41) is 15.3. The first-order valence-corrected chi connectivity index (χ1v) is 13.3. The smallest absolute Gasteiger partial charge is 0.251 e. The van der Waals surface area contributed by atoms with Crippen LogP contribution >= 0.6 is 0 Å². The number of nitrogens with one attached hydrogen (secondary N) is 3. The van der Waals surface area contributed by atoms with Gasteiger partial charge < -0.3 is 15.4 Å². The molecule has 1 saturated carbocycles. The fourth-order valence-corrected chi connectivity index (χ4v) is 5.70. The lowest BCUT2D eigenvalue weighted by molar-refractivity contribution is -0.131. The summed E-state index contributed by atoms with van der Waals surface area (Å²) >= 11 is 0. The van der Waals surface area contributed by atoms with E-state index in [0.717, 1.165) is 28.9 Å². The molecule has 0 spiro atoms. The molecule has 194 valence electrons. The predicted octanol–water partition coefficient (Wildman–Crippen LogP) is 4.89. The van der Waals surface area contributed by atoms with E-state index in [1.54, 1.807) is 6.07 Å². The van der Waals surface area contributed by atoms with E-state index in [1.807, 2.05) is 72.8 Å². The zero-order valence-electron chi connectivity index (χ0n) is 21.3. The zero-order chi connectivity index (χ0) is 26.1. The van der Waals surface area contributed by atoms with E-state index in [0.29, 0.717) is 30.9 Å². The third-order valence-electron chi connectivity index (χ3n) is 7.84. The highest BCUT2D eigenvalue weighted by molar-refractivity contribution is 5.99. The topological polar surface area (TPSA) is 94.5 Å². The molecule has 1 aliphatic carbocycles. The van der Waals surface area contributed by atoms with Crippen molar-refractivity contribution < 1.29 is 14.3 Å². The summed E-state index contributed by atoms with van der Waals surface area (Å²) in [6.45, 7) is 0.791. The third-order valence-corrected chi connectivity index (χ3v) is 7.84. The molecular weight excluding hydrogens is 476 g/mol. The second kappa shape index (κ2) is 9.97. The van der Waals surface area contributed by atoms with Gasteiger partial charge in [0.1, 0.15) is 5.75 Å². The minimum Gasteiger partial charge on any atom is -0.493 e. The van der Waals surface area contributed by atoms with Gasteiger partial charge in [-0.05, 0) is 41.7 Å². The summed E-state index contributed by atoms with van der Waals surface area (Å²) in [6.07, 6.45) is 4.21. The molecule has 2 atom stereocenters. The Hall–Kier alpha value is -4.13. The summed E-state index contributed by atoms with van der Waals surface area (Å²) < 4.78 is 5.72. The molecule has 6 rings (SSSR count). The lowest BCUT2D eigenvalue weighted by atomic mass is 9.80. The van der Waals surface area contributed by atoms with Crippen molar-refractivity contribution in [1.82, 2.24) is 15.5 Å². The summed E-state index contributed by atoms with van der Waals surface area (Å²) in [7, 11) is 0. The van der Waals surface area contributed by atoms with Crippen LogP contribution in [0.4, 0.5) is 0 Å². The first-order chi connectivity index (χ1) is 18.5. The highest BCUT2D eigenvalue weighted by Gasteiger charge is 2.45. The van der Waals surface area contributed by atoms with Gasteiger partial charge in [0, 0.05) is 17.5 Å². The number of hydrogen-bond donors (Lipinski definition) is 3. The minimum atomic E-state index is -0.547. The number of guanidine groups is 1. The molecule has 2 amide bonds. The number of carbonyl (C=O) groups is 2. The number of nitrogens with zero attached hydrogens (tertiary/aromatic N) is 1. The largest absolute Gasteiger partial charge is 0.493 e. The SMILES string of the molecule is N=C1N[C@@](CC2CC2)(c2ccccc2)CC(=O)N1Cc1cccc(C(=O)NC2CCOc3ccccc32)c1. The van der Waals surface area contributed by atoms with E-state index < -0.39 is 5.54 Å². The normalized spacial score (nSPS) is 22.7. The number of ether oxygens (including phenoxy) is 1. The van der Waals surface area contributed by atoms with Crippen LogP contribution < -0.4 is 15.4 Å². The maximum Gasteiger partial charge on any atom is 0.251 e. The van der Waals surface area contributed by atoms with E-state index in [4.69, 9.17) is 10.1 Å². The number of hydrogen-bond acceptors (Lipinski definition) is 4. The molecule has 2 heterocycles. The van der Waals surface area contributed by atoms with Gasteiger partial charge in [-0.2, -0.15) is 0 Å². The Balaban J connectivity index is 1.16. The molecule has 3 aromatic carbocycles. The van der Waals surface area contributed by atoms with Crippen LogP contribution in [-0.2, 0) is 16.9 Å². The van der Waals surface area contributed by atoms with Crippen molar-refractivity contribution in [3.05, 3.63) is 101 Å². The second-order valence-electron chi connectivity index (χ2n) is 10.6. The van der Waals surface area contributed by atoms with Crippen molar-refractivity contribution in [2.75, 3.05) is 6.61 Å². The number of amides is 2. The number of benzene rings is 3. The predicted molar refractivity (Wildman–Crippen MR) is 145 cm³/mol. The highest BCUT2D eigenvalue weighted by atomic mass is 16.5. The van der Waals surface area contributed by atoms with Crippen molar-refractivity contribution in [2.24, 2.45) is 5.92 Å². The molecule has 2 fully saturated rings. The average molecular weight is 509 g/mol. The first-order valence-electron chi connectivity index (χ1n) is 13.3. The van der Waals surface area contributed by atoms with Crippen LogP contribution in [-0.4, -0.2) is 29.3 Å². The quantitative estimate of drug-likeness (QED) is 0.423. The van der Waals surface area contributed by atoms with Crippen LogP contribution in [0, 0.1) is 11.3 Å². The zero-order valence-corrected chi connectivity index (χ0v) is 21.3. The summed E-state index contributed by atoms with van der Waals surface area (Å²) in [5.74, 6) is 1.26. The Morgan fingerprint density at radius 2 is 1.82 bits per heavy atom. The highest BCUT2D eigenvalue weighted by Crippen LogP contribution is 2.44. The molecule has 0 radical (unpaired) electrons. The minimum absolute atomic E-state index is 0.0769. The van der Waals surface area contributed by atoms with Gasteiger partial charge in [-0.25, -0.2) is 0 Å². The van der Waals surface area contributed by atoms with E-state index in [1.165, 1.54) is 17.7 Å². The number of carbonyl (C=O) groups excluding carboxylic acids is 2. The molecule has 7 heteroatoms. The van der Waals surface area contributed by atoms with Gasteiger partial charge in [0.25, 0.3) is 5.91 Å². The fraction of sp³-hybridized carbons (Fsp3) is 0.323. The summed E-state index contributed by atoms with van der Waals surface area (Å²) in [5.41, 5.74) is 2.82. The number of rotatable bonds is 7. The van der Waals surface area contributed by atoms with Gasteiger partial charge in [-0.1, -0.05) is 73.5 Å². The molecule has 3 N–H and O–H groups in total. The molecule has 7 nitrogen and oxygen atoms in total. The van der Waals surface area contributed by atoms with Crippen LogP contribution in [0.2, 0.25) is 0 Å². The van der Waals surface area contributed by atoms with Crippen molar-refractivity contribution in [1.29, 1.82) is 5.41 Å². The van der Waals surface area contributed by atoms with Crippen molar-refractivity contribution in [3.63, 3.8) is 0 Å². The number of para-hydroxylation sites is 1. The lowest BCUT2D eigenvalue weighted by Crippen LogP contribution is -2.60. The summed E-state index contributed by atoms with van der Waals surface area (Å²) in [4.78, 5) is 28.1. The first kappa shape index (κ1) is 24.2. The average Bonchev–Trinajstić information content (AvgIpc) is 3.75. The van der Waals surface area contributed by atoms with Crippen LogP contribution in [0.15, 0.2) is 78.9 Å². The molecule has 3 aromatic rings. The van der Waals surface area contributed by atoms with Crippen LogP contribution in [0.5, 0.6) is 5.75 Å². The lowest BCUT2D eigenvalue weighted by Gasteiger charge is -2.43. The van der Waals surface area contributed by atoms with Crippen LogP contribution in [0.3, 0.4) is 0 Å². The van der Waals surface area contributed by atoms with E-state index >= 15 is 0 Å². The summed E-state index contributed by atoms with van der Waals surface area (Å²) in [6, 6.07) is 25.0. The third kappa shape index (κ3) is 4.88. The van der Waals surface area contributed by atoms with E-state index in [9.17, 15) is 9.59 Å². The van der Waals surface area contributed by atoms with Gasteiger partial charge in [0.05, 0.1) is 31.2 Å². The Bertz CT molecular complexity index is 1350. The van der Waals surface area contributed by atoms with E-state index in [2.05, 4.69) is 10.6 Å². The van der Waals surface area contributed by atoms with Crippen LogP contribution in [0.25, 0.3) is 0 Å². The standard InChI is InChI=1S/C31H32N4O3/c32-30-34-31(18-21-13-14-21,24-9-2-1-3-10-24)19-28(36)35(30)20-22-7-6-8-23(17-22)29(37)33-26-15-16-38-27-12-5-4-11-25(26)27/h1-12,17,21,26H,13-16,18-20H2,(H2,32,34)(H,33,37)/t26?,31-/m1/s1. The molecule has 1 saturated heterocycles. The Morgan fingerprint density at radius 3 is 2.61 bits per heavy atom. The molecule has 0 bridgehead atoms. The van der Waals surface area contributed by atoms with Crippen molar-refractivity contribution in [3.8, 4) is 5.75 Å². The maximum absolute atomic E-state index is 13.5. The molecular formula is C31H32N4O3. The monoisotopic (exact) mass is 508 g/mol. The van der Waals surface area contributed by atoms with Gasteiger partial charge in [-0.3, -0.25) is 19.9 Å². The Kier molecular flexibility index (Phi) is 6.35. The molecule has 2 aliphatic heterocycles. The van der Waals surface area contributed by atoms with Gasteiger partial charge in [0.2, 0.25) is 5.91 Å². The van der Waals surface area contributed by atoms with Gasteiger partial charge >= 0.3 is 0 Å². The molecule has 3 aliphatic rings. The molecule has 0 aromatic heterocycles. The molecule has 38 heavy (non-hydrogen) atoms. The van der Waals surface area contributed by atoms with Gasteiger partial charge in [0.15, 0.2) is 5.96 Å². The number of fused-ring (bicyclic) bond motifs is 1. The van der Waals surface area contributed by atoms with Crippen molar-refractivity contribution in [2.45, 2.75) is 50.2 Å².